The molecule has 0 bridgehead atoms. The number of carbonyl (C=O) groups excluding carboxylic acids is 1. The van der Waals surface area contributed by atoms with Crippen molar-refractivity contribution in [3.63, 3.8) is 0 Å². The number of hydrogen-bond acceptors (Lipinski definition) is 5. The lowest BCUT2D eigenvalue weighted by atomic mass is 9.96. The smallest absolute Gasteiger partial charge is 0.407 e. The second-order valence-electron chi connectivity index (χ2n) is 6.80. The van der Waals surface area contributed by atoms with Gasteiger partial charge in [-0.1, -0.05) is 0 Å². The molecule has 1 saturated heterocycles. The van der Waals surface area contributed by atoms with Gasteiger partial charge in [-0.25, -0.2) is 9.78 Å². The van der Waals surface area contributed by atoms with Gasteiger partial charge in [0.15, 0.2) is 0 Å². The van der Waals surface area contributed by atoms with Crippen molar-refractivity contribution in [2.24, 2.45) is 5.92 Å². The number of pyridine rings is 1. The number of nitriles is 1. The Morgan fingerprint density at radius 1 is 1.48 bits per heavy atom. The van der Waals surface area contributed by atoms with Crippen LogP contribution in [0.4, 0.5) is 10.6 Å². The number of carbonyl (C=O) groups is 1. The summed E-state index contributed by atoms with van der Waals surface area (Å²) < 4.78 is 5.24. The van der Waals surface area contributed by atoms with Crippen LogP contribution in [0.5, 0.6) is 0 Å². The van der Waals surface area contributed by atoms with Gasteiger partial charge in [-0.15, -0.1) is 0 Å². The molecule has 0 spiro atoms. The third kappa shape index (κ3) is 5.13. The molecule has 2 heterocycles. The van der Waals surface area contributed by atoms with Gasteiger partial charge >= 0.3 is 6.09 Å². The van der Waals surface area contributed by atoms with Crippen LogP contribution in [-0.4, -0.2) is 36.3 Å². The maximum Gasteiger partial charge on any atom is 0.407 e. The van der Waals surface area contributed by atoms with E-state index in [2.05, 4.69) is 21.3 Å². The minimum atomic E-state index is -0.472. The zero-order chi connectivity index (χ0) is 16.9. The van der Waals surface area contributed by atoms with Crippen molar-refractivity contribution in [3.8, 4) is 6.07 Å². The predicted molar refractivity (Wildman–Crippen MR) is 88.1 cm³/mol. The SMILES string of the molecule is CC(C)(C)OC(=O)NCC1CCN(c2ncccc2C#N)CC1. The van der Waals surface area contributed by atoms with Crippen LogP contribution in [0.3, 0.4) is 0 Å². The molecule has 23 heavy (non-hydrogen) atoms. The molecule has 1 aliphatic heterocycles. The summed E-state index contributed by atoms with van der Waals surface area (Å²) in [6.45, 7) is 7.86. The van der Waals surface area contributed by atoms with E-state index in [9.17, 15) is 4.79 Å². The Labute approximate surface area is 137 Å². The number of piperidine rings is 1. The normalized spacial score (nSPS) is 15.8. The second kappa shape index (κ2) is 7.32. The molecule has 0 aliphatic carbocycles. The molecular formula is C17H24N4O2. The number of ether oxygens (including phenoxy) is 1. The summed E-state index contributed by atoms with van der Waals surface area (Å²) >= 11 is 0. The lowest BCUT2D eigenvalue weighted by molar-refractivity contribution is 0.0517. The summed E-state index contributed by atoms with van der Waals surface area (Å²) in [4.78, 5) is 18.1. The van der Waals surface area contributed by atoms with Crippen molar-refractivity contribution in [3.05, 3.63) is 23.9 Å². The number of hydrogen-bond donors (Lipinski definition) is 1. The Morgan fingerprint density at radius 3 is 2.78 bits per heavy atom. The van der Waals surface area contributed by atoms with Gasteiger partial charge in [-0.3, -0.25) is 0 Å². The Bertz CT molecular complexity index is 581. The fraction of sp³-hybridized carbons (Fsp3) is 0.588. The van der Waals surface area contributed by atoms with Crippen LogP contribution in [-0.2, 0) is 4.74 Å². The fourth-order valence-corrected chi connectivity index (χ4v) is 2.63. The molecule has 1 aromatic rings. The van der Waals surface area contributed by atoms with E-state index in [1.807, 2.05) is 20.8 Å². The summed E-state index contributed by atoms with van der Waals surface area (Å²) in [5.41, 5.74) is 0.137. The van der Waals surface area contributed by atoms with Crippen molar-refractivity contribution < 1.29 is 9.53 Å². The topological polar surface area (TPSA) is 78.2 Å². The van der Waals surface area contributed by atoms with E-state index in [-0.39, 0.29) is 6.09 Å². The van der Waals surface area contributed by atoms with Crippen molar-refractivity contribution in [2.45, 2.75) is 39.2 Å². The number of anilines is 1. The summed E-state index contributed by atoms with van der Waals surface area (Å²) in [6, 6.07) is 5.76. The first-order valence-electron chi connectivity index (χ1n) is 7.96. The zero-order valence-electron chi connectivity index (χ0n) is 14.0. The number of alkyl carbamates (subject to hydrolysis) is 1. The minimum absolute atomic E-state index is 0.364. The molecule has 1 fully saturated rings. The predicted octanol–water partition coefficient (Wildman–Crippen LogP) is 2.69. The van der Waals surface area contributed by atoms with Gasteiger partial charge in [-0.05, 0) is 51.7 Å². The molecule has 1 N–H and O–H groups in total. The second-order valence-corrected chi connectivity index (χ2v) is 6.80. The van der Waals surface area contributed by atoms with Crippen LogP contribution >= 0.6 is 0 Å². The Balaban J connectivity index is 1.80. The van der Waals surface area contributed by atoms with Gasteiger partial charge in [0.25, 0.3) is 0 Å². The monoisotopic (exact) mass is 316 g/mol. The number of nitrogens with one attached hydrogen (secondary N) is 1. The standard InChI is InChI=1S/C17H24N4O2/c1-17(2,3)23-16(22)20-12-13-6-9-21(10-7-13)15-14(11-18)5-4-8-19-15/h4-5,8,13H,6-7,9-10,12H2,1-3H3,(H,20,22). The highest BCUT2D eigenvalue weighted by atomic mass is 16.6. The van der Waals surface area contributed by atoms with Crippen molar-refractivity contribution in [1.82, 2.24) is 10.3 Å². The van der Waals surface area contributed by atoms with Crippen molar-refractivity contribution in [2.75, 3.05) is 24.5 Å². The molecule has 6 nitrogen and oxygen atoms in total. The maximum atomic E-state index is 11.7. The van der Waals surface area contributed by atoms with Gasteiger partial charge in [0.05, 0.1) is 5.56 Å². The van der Waals surface area contributed by atoms with Crippen molar-refractivity contribution in [1.29, 1.82) is 5.26 Å². The third-order valence-electron chi connectivity index (χ3n) is 3.76. The molecule has 124 valence electrons. The molecule has 1 aromatic heterocycles. The molecule has 1 amide bonds. The first-order valence-corrected chi connectivity index (χ1v) is 7.96. The van der Waals surface area contributed by atoms with E-state index in [0.717, 1.165) is 31.7 Å². The maximum absolute atomic E-state index is 11.7. The molecule has 1 aliphatic rings. The van der Waals surface area contributed by atoms with Gasteiger partial charge in [0.2, 0.25) is 0 Å². The first kappa shape index (κ1) is 17.1. The van der Waals surface area contributed by atoms with E-state index in [1.54, 1.807) is 18.3 Å². The van der Waals surface area contributed by atoms with E-state index in [4.69, 9.17) is 10.00 Å². The lowest BCUT2D eigenvalue weighted by Gasteiger charge is -2.33. The summed E-state index contributed by atoms with van der Waals surface area (Å²) in [5, 5.41) is 12.0. The van der Waals surface area contributed by atoms with Crippen LogP contribution in [0.1, 0.15) is 39.2 Å². The van der Waals surface area contributed by atoms with Crippen LogP contribution in [0.2, 0.25) is 0 Å². The number of amides is 1. The lowest BCUT2D eigenvalue weighted by Crippen LogP contribution is -2.40. The van der Waals surface area contributed by atoms with Crippen LogP contribution < -0.4 is 10.2 Å². The fourth-order valence-electron chi connectivity index (χ4n) is 2.63. The third-order valence-corrected chi connectivity index (χ3v) is 3.76. The highest BCUT2D eigenvalue weighted by Gasteiger charge is 2.23. The quantitative estimate of drug-likeness (QED) is 0.927. The Morgan fingerprint density at radius 2 is 2.17 bits per heavy atom. The van der Waals surface area contributed by atoms with E-state index >= 15 is 0 Å². The van der Waals surface area contributed by atoms with Gasteiger partial charge in [0.1, 0.15) is 17.5 Å². The molecule has 0 unspecified atom stereocenters. The Hall–Kier alpha value is -2.29. The summed E-state index contributed by atoms with van der Waals surface area (Å²) in [6.07, 6.45) is 3.26. The van der Waals surface area contributed by atoms with Crippen LogP contribution in [0.25, 0.3) is 0 Å². The van der Waals surface area contributed by atoms with Crippen LogP contribution in [0, 0.1) is 17.2 Å². The highest BCUT2D eigenvalue weighted by molar-refractivity contribution is 5.67. The molecular weight excluding hydrogens is 292 g/mol. The summed E-state index contributed by atoms with van der Waals surface area (Å²) in [7, 11) is 0. The van der Waals surface area contributed by atoms with E-state index in [0.29, 0.717) is 18.0 Å². The average molecular weight is 316 g/mol. The molecule has 0 saturated carbocycles. The molecule has 0 atom stereocenters. The molecule has 2 rings (SSSR count). The highest BCUT2D eigenvalue weighted by Crippen LogP contribution is 2.23. The largest absolute Gasteiger partial charge is 0.444 e. The van der Waals surface area contributed by atoms with E-state index < -0.39 is 5.60 Å². The van der Waals surface area contributed by atoms with Crippen LogP contribution in [0.15, 0.2) is 18.3 Å². The summed E-state index contributed by atoms with van der Waals surface area (Å²) in [5.74, 6) is 1.18. The first-order chi connectivity index (χ1) is 10.9. The molecule has 0 aromatic carbocycles. The number of aromatic nitrogens is 1. The molecule has 6 heteroatoms. The van der Waals surface area contributed by atoms with Gasteiger partial charge in [-0.2, -0.15) is 5.26 Å². The van der Waals surface area contributed by atoms with Gasteiger partial charge in [0, 0.05) is 25.8 Å². The number of rotatable bonds is 3. The zero-order valence-corrected chi connectivity index (χ0v) is 14.0. The minimum Gasteiger partial charge on any atom is -0.444 e. The Kier molecular flexibility index (Phi) is 5.43. The average Bonchev–Trinajstić information content (AvgIpc) is 2.52. The van der Waals surface area contributed by atoms with Gasteiger partial charge < -0.3 is 15.0 Å². The van der Waals surface area contributed by atoms with Crippen molar-refractivity contribution >= 4 is 11.9 Å². The number of nitrogens with zero attached hydrogens (tertiary/aromatic N) is 3. The molecule has 0 radical (unpaired) electrons. The van der Waals surface area contributed by atoms with E-state index in [1.165, 1.54) is 0 Å².